The van der Waals surface area contributed by atoms with Crippen LogP contribution in [-0.2, 0) is 9.53 Å². The van der Waals surface area contributed by atoms with E-state index in [1.807, 2.05) is 0 Å². The third-order valence-electron chi connectivity index (χ3n) is 2.80. The molecule has 4 nitrogen and oxygen atoms in total. The number of nitrogens with one attached hydrogen (secondary N) is 2. The topological polar surface area (TPSA) is 50.4 Å². The van der Waals surface area contributed by atoms with E-state index in [2.05, 4.69) is 10.6 Å². The van der Waals surface area contributed by atoms with Gasteiger partial charge in [0.2, 0.25) is 5.91 Å². The lowest BCUT2D eigenvalue weighted by Crippen LogP contribution is -2.40. The van der Waals surface area contributed by atoms with Crippen LogP contribution in [0.5, 0.6) is 0 Å². The maximum Gasteiger partial charge on any atom is 0.446 e. The van der Waals surface area contributed by atoms with Crippen LogP contribution >= 0.6 is 11.8 Å². The van der Waals surface area contributed by atoms with E-state index in [1.54, 1.807) is 6.07 Å². The van der Waals surface area contributed by atoms with Gasteiger partial charge in [0.05, 0.1) is 24.8 Å². The number of para-hydroxylation sites is 1. The number of anilines is 1. The maximum atomic E-state index is 12.5. The van der Waals surface area contributed by atoms with Gasteiger partial charge in [0, 0.05) is 18.0 Å². The molecule has 0 radical (unpaired) electrons. The number of rotatable bonds is 4. The summed E-state index contributed by atoms with van der Waals surface area (Å²) in [5.41, 5.74) is -4.23. The Balaban J connectivity index is 1.96. The highest BCUT2D eigenvalue weighted by Gasteiger charge is 2.30. The molecule has 1 atom stereocenters. The molecule has 21 heavy (non-hydrogen) atoms. The number of halogens is 3. The minimum atomic E-state index is -4.39. The van der Waals surface area contributed by atoms with Crippen LogP contribution < -0.4 is 10.6 Å². The highest BCUT2D eigenvalue weighted by atomic mass is 32.2. The molecular formula is C13H15F3N2O2S. The Kier molecular flexibility index (Phi) is 5.49. The predicted octanol–water partition coefficient (Wildman–Crippen LogP) is 2.62. The number of alkyl halides is 3. The van der Waals surface area contributed by atoms with Crippen molar-refractivity contribution in [3.63, 3.8) is 0 Å². The zero-order valence-electron chi connectivity index (χ0n) is 11.1. The number of amides is 1. The van der Waals surface area contributed by atoms with Crippen LogP contribution in [-0.4, -0.2) is 37.2 Å². The molecular weight excluding hydrogens is 305 g/mol. The molecule has 0 aromatic heterocycles. The van der Waals surface area contributed by atoms with Gasteiger partial charge in [-0.25, -0.2) is 0 Å². The Bertz CT molecular complexity index is 491. The van der Waals surface area contributed by atoms with Crippen LogP contribution in [0.1, 0.15) is 6.42 Å². The summed E-state index contributed by atoms with van der Waals surface area (Å²) in [6.07, 6.45) is -0.140. The Morgan fingerprint density at radius 3 is 2.86 bits per heavy atom. The fraction of sp³-hybridized carbons (Fsp3) is 0.462. The molecule has 0 spiro atoms. The summed E-state index contributed by atoms with van der Waals surface area (Å²) in [6.45, 7) is 1.83. The van der Waals surface area contributed by atoms with E-state index in [4.69, 9.17) is 4.74 Å². The van der Waals surface area contributed by atoms with Crippen molar-refractivity contribution in [2.24, 2.45) is 0 Å². The second-order valence-corrected chi connectivity index (χ2v) is 5.60. The lowest BCUT2D eigenvalue weighted by Gasteiger charge is -2.23. The summed E-state index contributed by atoms with van der Waals surface area (Å²) in [5.74, 6) is -0.362. The zero-order valence-corrected chi connectivity index (χ0v) is 11.9. The Morgan fingerprint density at radius 1 is 1.43 bits per heavy atom. The number of thioether (sulfide) groups is 1. The van der Waals surface area contributed by atoms with Crippen molar-refractivity contribution in [2.45, 2.75) is 22.9 Å². The number of carbonyl (C=O) groups excluding carboxylic acids is 1. The molecule has 1 aliphatic rings. The molecule has 0 saturated carbocycles. The first-order chi connectivity index (χ1) is 9.94. The fourth-order valence-electron chi connectivity index (χ4n) is 1.94. The van der Waals surface area contributed by atoms with Crippen molar-refractivity contribution in [1.82, 2.24) is 5.32 Å². The van der Waals surface area contributed by atoms with E-state index in [0.29, 0.717) is 13.2 Å². The minimum Gasteiger partial charge on any atom is -0.375 e. The molecule has 8 heteroatoms. The van der Waals surface area contributed by atoms with Crippen LogP contribution in [0.25, 0.3) is 0 Å². The Hall–Kier alpha value is -1.25. The molecule has 1 fully saturated rings. The molecule has 1 amide bonds. The Morgan fingerprint density at radius 2 is 2.19 bits per heavy atom. The molecule has 1 aliphatic heterocycles. The van der Waals surface area contributed by atoms with Crippen LogP contribution in [0.3, 0.4) is 0 Å². The average Bonchev–Trinajstić information content (AvgIpc) is 2.40. The van der Waals surface area contributed by atoms with Gasteiger partial charge in [0.1, 0.15) is 0 Å². The molecule has 2 N–H and O–H groups in total. The standard InChI is InChI=1S/C13H15F3N2O2S/c14-13(15,16)21-11-4-2-1-3-10(11)18-12(19)7-9-8-17-5-6-20-9/h1-4,9,17H,5-8H2,(H,18,19). The molecule has 1 aromatic rings. The summed E-state index contributed by atoms with van der Waals surface area (Å²) < 4.78 is 42.7. The van der Waals surface area contributed by atoms with Gasteiger partial charge >= 0.3 is 5.51 Å². The molecule has 1 saturated heterocycles. The molecule has 1 unspecified atom stereocenters. The Labute approximate surface area is 124 Å². The van der Waals surface area contributed by atoms with E-state index in [9.17, 15) is 18.0 Å². The number of carbonyl (C=O) groups is 1. The van der Waals surface area contributed by atoms with Crippen LogP contribution in [0, 0.1) is 0 Å². The van der Waals surface area contributed by atoms with Gasteiger partial charge in [-0.2, -0.15) is 13.2 Å². The predicted molar refractivity (Wildman–Crippen MR) is 74.2 cm³/mol. The summed E-state index contributed by atoms with van der Waals surface area (Å²) in [5, 5.41) is 5.60. The number of hydrogen-bond donors (Lipinski definition) is 2. The van der Waals surface area contributed by atoms with Crippen molar-refractivity contribution >= 4 is 23.4 Å². The van der Waals surface area contributed by atoms with Gasteiger partial charge in [0.15, 0.2) is 0 Å². The largest absolute Gasteiger partial charge is 0.446 e. The van der Waals surface area contributed by atoms with E-state index >= 15 is 0 Å². The summed E-state index contributed by atoms with van der Waals surface area (Å²) >= 11 is -0.243. The molecule has 116 valence electrons. The summed E-state index contributed by atoms with van der Waals surface area (Å²) in [7, 11) is 0. The van der Waals surface area contributed by atoms with Gasteiger partial charge in [-0.3, -0.25) is 4.79 Å². The molecule has 0 bridgehead atoms. The molecule has 0 aliphatic carbocycles. The fourth-order valence-corrected chi connectivity index (χ4v) is 2.57. The second kappa shape index (κ2) is 7.15. The molecule has 1 aromatic carbocycles. The van der Waals surface area contributed by atoms with Crippen LogP contribution in [0.2, 0.25) is 0 Å². The maximum absolute atomic E-state index is 12.5. The van der Waals surface area contributed by atoms with E-state index in [1.165, 1.54) is 18.2 Å². The van der Waals surface area contributed by atoms with Crippen LogP contribution in [0.4, 0.5) is 18.9 Å². The minimum absolute atomic E-state index is 0.0268. The van der Waals surface area contributed by atoms with Crippen LogP contribution in [0.15, 0.2) is 29.2 Å². The average molecular weight is 320 g/mol. The van der Waals surface area contributed by atoms with Crippen molar-refractivity contribution in [2.75, 3.05) is 25.0 Å². The first kappa shape index (κ1) is 16.1. The summed E-state index contributed by atoms with van der Waals surface area (Å²) in [4.78, 5) is 11.9. The van der Waals surface area contributed by atoms with Gasteiger partial charge in [-0.05, 0) is 23.9 Å². The van der Waals surface area contributed by atoms with Crippen molar-refractivity contribution in [3.05, 3.63) is 24.3 Å². The van der Waals surface area contributed by atoms with Gasteiger partial charge in [0.25, 0.3) is 0 Å². The lowest BCUT2D eigenvalue weighted by molar-refractivity contribution is -0.119. The zero-order chi connectivity index (χ0) is 15.3. The SMILES string of the molecule is O=C(CC1CNCCO1)Nc1ccccc1SC(F)(F)F. The monoisotopic (exact) mass is 320 g/mol. The van der Waals surface area contributed by atoms with E-state index in [0.717, 1.165) is 6.54 Å². The highest BCUT2D eigenvalue weighted by molar-refractivity contribution is 8.00. The van der Waals surface area contributed by atoms with E-state index in [-0.39, 0.29) is 40.8 Å². The number of benzene rings is 1. The normalized spacial score (nSPS) is 19.3. The van der Waals surface area contributed by atoms with Gasteiger partial charge in [-0.1, -0.05) is 12.1 Å². The van der Waals surface area contributed by atoms with Crippen molar-refractivity contribution in [3.8, 4) is 0 Å². The first-order valence-corrected chi connectivity index (χ1v) is 7.22. The van der Waals surface area contributed by atoms with E-state index < -0.39 is 5.51 Å². The third kappa shape index (κ3) is 5.56. The quantitative estimate of drug-likeness (QED) is 0.838. The van der Waals surface area contributed by atoms with Crippen molar-refractivity contribution < 1.29 is 22.7 Å². The summed E-state index contributed by atoms with van der Waals surface area (Å²) in [6, 6.07) is 5.85. The molecule has 2 rings (SSSR count). The van der Waals surface area contributed by atoms with Gasteiger partial charge in [-0.15, -0.1) is 0 Å². The third-order valence-corrected chi connectivity index (χ3v) is 3.61. The second-order valence-electron chi connectivity index (χ2n) is 4.49. The van der Waals surface area contributed by atoms with Crippen molar-refractivity contribution in [1.29, 1.82) is 0 Å². The lowest BCUT2D eigenvalue weighted by atomic mass is 10.2. The number of ether oxygens (including phenoxy) is 1. The number of hydrogen-bond acceptors (Lipinski definition) is 4. The first-order valence-electron chi connectivity index (χ1n) is 6.41. The number of morpholine rings is 1. The molecule has 1 heterocycles. The van der Waals surface area contributed by atoms with Gasteiger partial charge < -0.3 is 15.4 Å². The highest BCUT2D eigenvalue weighted by Crippen LogP contribution is 2.40. The smallest absolute Gasteiger partial charge is 0.375 e.